The quantitative estimate of drug-likeness (QED) is 0.469. The van der Waals surface area contributed by atoms with Crippen LogP contribution >= 0.6 is 0 Å². The molecule has 37 heavy (non-hydrogen) atoms. The molecule has 0 spiro atoms. The van der Waals surface area contributed by atoms with Crippen LogP contribution in [0, 0.1) is 0 Å². The highest BCUT2D eigenvalue weighted by atomic mass is 16.0. The predicted molar refractivity (Wildman–Crippen MR) is 156 cm³/mol. The molecule has 2 rings (SSSR count). The maximum Gasteiger partial charge on any atom is 0.0375 e. The fraction of sp³-hybridized carbons (Fsp3) is 1.00. The summed E-state index contributed by atoms with van der Waals surface area (Å²) >= 11 is 0. The van der Waals surface area contributed by atoms with Crippen LogP contribution in [0.3, 0.4) is 0 Å². The second-order valence-corrected chi connectivity index (χ2v) is 12.7. The molecule has 220 valence electrons. The Balaban J connectivity index is 2.39. The molecule has 0 amide bonds. The molecule has 0 N–H and O–H groups in total. The highest BCUT2D eigenvalue weighted by molar-refractivity contribution is 4.83. The molecule has 0 aromatic rings. The normalized spacial score (nSPS) is 28.7. The standard InChI is InChI=1S/C27H62N10/c1-22(2)32-17-15-30(13)16-18-33(36(32)28(9)10)24(5)19-25(6)35-27(8)21-31(14)20-26(7)34(23(3)4)37(35)29(11)12/h22-27H,15-21H2,1-14H3. The van der Waals surface area contributed by atoms with Crippen LogP contribution in [-0.2, 0) is 0 Å². The molecule has 2 saturated heterocycles. The van der Waals surface area contributed by atoms with Gasteiger partial charge in [0.1, 0.15) is 0 Å². The van der Waals surface area contributed by atoms with Crippen LogP contribution < -0.4 is 0 Å². The van der Waals surface area contributed by atoms with E-state index in [-0.39, 0.29) is 0 Å². The molecule has 0 aliphatic carbocycles. The van der Waals surface area contributed by atoms with E-state index in [0.717, 1.165) is 45.7 Å². The first-order chi connectivity index (χ1) is 17.2. The minimum atomic E-state index is 0.354. The van der Waals surface area contributed by atoms with Crippen molar-refractivity contribution < 1.29 is 0 Å². The van der Waals surface area contributed by atoms with Gasteiger partial charge in [-0.1, -0.05) is 0 Å². The first-order valence-corrected chi connectivity index (χ1v) is 14.6. The number of hydrazine groups is 6. The van der Waals surface area contributed by atoms with Gasteiger partial charge in [0.25, 0.3) is 0 Å². The molecule has 4 unspecified atom stereocenters. The van der Waals surface area contributed by atoms with Gasteiger partial charge in [0.2, 0.25) is 0 Å². The molecule has 0 aromatic carbocycles. The van der Waals surface area contributed by atoms with Gasteiger partial charge in [-0.25, -0.2) is 30.1 Å². The summed E-state index contributed by atoms with van der Waals surface area (Å²) in [5, 5.41) is 19.7. The van der Waals surface area contributed by atoms with Crippen molar-refractivity contribution in [1.29, 1.82) is 0 Å². The van der Waals surface area contributed by atoms with E-state index in [2.05, 4.69) is 148 Å². The van der Waals surface area contributed by atoms with Crippen LogP contribution in [0.5, 0.6) is 0 Å². The molecule has 2 heterocycles. The monoisotopic (exact) mass is 527 g/mol. The Kier molecular flexibility index (Phi) is 12.7. The van der Waals surface area contributed by atoms with Gasteiger partial charge in [-0.2, -0.15) is 0 Å². The second-order valence-electron chi connectivity index (χ2n) is 12.7. The van der Waals surface area contributed by atoms with Crippen molar-refractivity contribution in [2.45, 2.75) is 98.1 Å². The highest BCUT2D eigenvalue weighted by Crippen LogP contribution is 2.26. The maximum atomic E-state index is 2.64. The molecule has 10 heteroatoms. The minimum Gasteiger partial charge on any atom is -0.304 e. The topological polar surface area (TPSA) is 32.4 Å². The van der Waals surface area contributed by atoms with Crippen molar-refractivity contribution in [2.75, 3.05) is 81.6 Å². The Morgan fingerprint density at radius 3 is 1.54 bits per heavy atom. The number of hydrogen-bond acceptors (Lipinski definition) is 10. The summed E-state index contributed by atoms with van der Waals surface area (Å²) in [6.45, 7) is 25.1. The summed E-state index contributed by atoms with van der Waals surface area (Å²) in [4.78, 5) is 4.97. The van der Waals surface area contributed by atoms with E-state index < -0.39 is 0 Å². The molecule has 0 radical (unpaired) electrons. The molecule has 0 aromatic heterocycles. The van der Waals surface area contributed by atoms with Gasteiger partial charge in [0.05, 0.1) is 0 Å². The highest BCUT2D eigenvalue weighted by Gasteiger charge is 2.40. The van der Waals surface area contributed by atoms with Crippen molar-refractivity contribution in [2.24, 2.45) is 0 Å². The predicted octanol–water partition coefficient (Wildman–Crippen LogP) is 2.06. The average molecular weight is 527 g/mol. The molecular weight excluding hydrogens is 464 g/mol. The molecular formula is C27H62N10. The van der Waals surface area contributed by atoms with E-state index in [1.165, 1.54) is 0 Å². The van der Waals surface area contributed by atoms with Crippen molar-refractivity contribution >= 4 is 0 Å². The minimum absolute atomic E-state index is 0.354. The summed E-state index contributed by atoms with van der Waals surface area (Å²) in [5.74, 6) is 0. The van der Waals surface area contributed by atoms with Crippen LogP contribution in [0.25, 0.3) is 0 Å². The van der Waals surface area contributed by atoms with Crippen LogP contribution in [0.4, 0.5) is 0 Å². The maximum absolute atomic E-state index is 2.64. The Bertz CT molecular complexity index is 659. The Morgan fingerprint density at radius 1 is 0.595 bits per heavy atom. The lowest BCUT2D eigenvalue weighted by atomic mass is 10.1. The van der Waals surface area contributed by atoms with Gasteiger partial charge >= 0.3 is 0 Å². The van der Waals surface area contributed by atoms with E-state index in [9.17, 15) is 0 Å². The smallest absolute Gasteiger partial charge is 0.0375 e. The third-order valence-corrected chi connectivity index (χ3v) is 7.83. The SMILES string of the molecule is CC(C)N1CCN(C)CCN(C(C)CC(C)N2C(C)CN(C)CC(C)N(C(C)C)N2N(C)C)N1N(C)C. The van der Waals surface area contributed by atoms with Crippen LogP contribution in [-0.4, -0.2) is 168 Å². The fourth-order valence-electron chi connectivity index (χ4n) is 6.38. The lowest BCUT2D eigenvalue weighted by molar-refractivity contribution is -0.346. The number of rotatable bonds is 8. The van der Waals surface area contributed by atoms with Gasteiger partial charge in [-0.3, -0.25) is 0 Å². The first kappa shape index (κ1) is 32.8. The third-order valence-electron chi connectivity index (χ3n) is 7.83. The molecule has 2 aliphatic rings. The first-order valence-electron chi connectivity index (χ1n) is 14.6. The second kappa shape index (κ2) is 14.3. The Morgan fingerprint density at radius 2 is 1.08 bits per heavy atom. The molecule has 2 aliphatic heterocycles. The van der Waals surface area contributed by atoms with E-state index in [4.69, 9.17) is 0 Å². The molecule has 0 bridgehead atoms. The Labute approximate surface area is 230 Å². The third kappa shape index (κ3) is 8.30. The summed E-state index contributed by atoms with van der Waals surface area (Å²) in [5.41, 5.74) is 0. The van der Waals surface area contributed by atoms with Crippen molar-refractivity contribution in [1.82, 2.24) is 50.3 Å². The lowest BCUT2D eigenvalue weighted by Gasteiger charge is -2.56. The van der Waals surface area contributed by atoms with E-state index >= 15 is 0 Å². The Hall–Kier alpha value is -0.400. The van der Waals surface area contributed by atoms with E-state index in [1.54, 1.807) is 0 Å². The summed E-state index contributed by atoms with van der Waals surface area (Å²) in [6.07, 6.45) is 1.07. The number of hydrogen-bond donors (Lipinski definition) is 0. The number of likely N-dealkylation sites (N-methyl/N-ethyl adjacent to an activating group) is 2. The van der Waals surface area contributed by atoms with E-state index in [0.29, 0.717) is 36.3 Å². The summed E-state index contributed by atoms with van der Waals surface area (Å²) in [7, 11) is 13.3. The van der Waals surface area contributed by atoms with Crippen LogP contribution in [0.15, 0.2) is 0 Å². The van der Waals surface area contributed by atoms with Crippen LogP contribution in [0.2, 0.25) is 0 Å². The zero-order chi connectivity index (χ0) is 28.2. The molecule has 4 atom stereocenters. The van der Waals surface area contributed by atoms with Crippen molar-refractivity contribution in [3.8, 4) is 0 Å². The van der Waals surface area contributed by atoms with Gasteiger partial charge in [0, 0.05) is 104 Å². The fourth-order valence-corrected chi connectivity index (χ4v) is 6.38. The largest absolute Gasteiger partial charge is 0.304 e. The van der Waals surface area contributed by atoms with Gasteiger partial charge in [0.15, 0.2) is 0 Å². The summed E-state index contributed by atoms with van der Waals surface area (Å²) in [6, 6.07) is 2.36. The van der Waals surface area contributed by atoms with Gasteiger partial charge in [-0.05, 0) is 75.9 Å². The molecule has 0 saturated carbocycles. The van der Waals surface area contributed by atoms with Gasteiger partial charge in [-0.15, -0.1) is 10.5 Å². The summed E-state index contributed by atoms with van der Waals surface area (Å²) < 4.78 is 0. The van der Waals surface area contributed by atoms with Crippen molar-refractivity contribution in [3.05, 3.63) is 0 Å². The molecule has 2 fully saturated rings. The van der Waals surface area contributed by atoms with Gasteiger partial charge < -0.3 is 9.80 Å². The van der Waals surface area contributed by atoms with Crippen LogP contribution in [0.1, 0.15) is 61.8 Å². The zero-order valence-electron chi connectivity index (χ0n) is 26.9. The lowest BCUT2D eigenvalue weighted by Crippen LogP contribution is -2.71. The van der Waals surface area contributed by atoms with Crippen molar-refractivity contribution in [3.63, 3.8) is 0 Å². The number of nitrogens with zero attached hydrogens (tertiary/aromatic N) is 10. The van der Waals surface area contributed by atoms with E-state index in [1.807, 2.05) is 0 Å². The zero-order valence-corrected chi connectivity index (χ0v) is 26.9. The molecule has 10 nitrogen and oxygen atoms in total. The average Bonchev–Trinajstić information content (AvgIpc) is 2.73.